The van der Waals surface area contributed by atoms with Gasteiger partial charge in [-0.1, -0.05) is 31.4 Å². The largest absolute Gasteiger partial charge is 0.448 e. The van der Waals surface area contributed by atoms with Gasteiger partial charge in [0.2, 0.25) is 0 Å². The lowest BCUT2D eigenvalue weighted by Crippen LogP contribution is -2.25. The molecule has 1 saturated carbocycles. The third-order valence-electron chi connectivity index (χ3n) is 4.71. The van der Waals surface area contributed by atoms with E-state index in [1.165, 1.54) is 23.9 Å². The normalized spacial score (nSPS) is 15.9. The van der Waals surface area contributed by atoms with Gasteiger partial charge < -0.3 is 4.42 Å². The van der Waals surface area contributed by atoms with E-state index < -0.39 is 0 Å². The van der Waals surface area contributed by atoms with Crippen molar-refractivity contribution in [1.29, 1.82) is 0 Å². The van der Waals surface area contributed by atoms with Gasteiger partial charge in [-0.25, -0.2) is 4.98 Å². The minimum atomic E-state index is -0.132. The standard InChI is InChI=1S/C19H17BrIN3O2/c20-15-10-13(26-17(15)21)11-22-24-18(12-6-2-1-3-7-12)23-16-9-5-4-8-14(16)19(24)25/h4-5,8-12H,1-3,6-7H2. The molecule has 0 spiro atoms. The lowest BCUT2D eigenvalue weighted by molar-refractivity contribution is 0.416. The molecule has 26 heavy (non-hydrogen) atoms. The fraction of sp³-hybridized carbons (Fsp3) is 0.316. The van der Waals surface area contributed by atoms with E-state index in [1.807, 2.05) is 24.3 Å². The number of benzene rings is 1. The first-order valence-corrected chi connectivity index (χ1v) is 10.5. The highest BCUT2D eigenvalue weighted by atomic mass is 127. The second-order valence-corrected chi connectivity index (χ2v) is 8.29. The lowest BCUT2D eigenvalue weighted by atomic mass is 9.88. The summed E-state index contributed by atoms with van der Waals surface area (Å²) in [4.78, 5) is 17.9. The molecule has 2 aromatic heterocycles. The van der Waals surface area contributed by atoms with Gasteiger partial charge in [0.05, 0.1) is 21.6 Å². The van der Waals surface area contributed by atoms with Crippen LogP contribution in [-0.2, 0) is 0 Å². The highest BCUT2D eigenvalue weighted by molar-refractivity contribution is 14.1. The Morgan fingerprint density at radius 1 is 1.27 bits per heavy atom. The smallest absolute Gasteiger partial charge is 0.282 e. The SMILES string of the molecule is O=c1c2ccccc2nc(C2CCCCC2)n1N=Cc1cc(Br)c(I)o1. The Bertz CT molecular complexity index is 1020. The summed E-state index contributed by atoms with van der Waals surface area (Å²) in [5.74, 6) is 1.61. The fourth-order valence-corrected chi connectivity index (χ4v) is 4.14. The lowest BCUT2D eigenvalue weighted by Gasteiger charge is -2.22. The molecule has 0 amide bonds. The molecule has 3 aromatic rings. The van der Waals surface area contributed by atoms with Crippen molar-refractivity contribution in [3.05, 3.63) is 60.5 Å². The quantitative estimate of drug-likeness (QED) is 0.345. The minimum Gasteiger partial charge on any atom is -0.448 e. The average molecular weight is 526 g/mol. The maximum atomic E-state index is 13.1. The monoisotopic (exact) mass is 525 g/mol. The van der Waals surface area contributed by atoms with Crippen LogP contribution in [0.3, 0.4) is 0 Å². The molecule has 5 nitrogen and oxygen atoms in total. The van der Waals surface area contributed by atoms with Crippen LogP contribution in [0.5, 0.6) is 0 Å². The second kappa shape index (κ2) is 7.64. The van der Waals surface area contributed by atoms with Crippen LogP contribution >= 0.6 is 38.5 Å². The summed E-state index contributed by atoms with van der Waals surface area (Å²) in [5.41, 5.74) is 0.604. The number of nitrogens with zero attached hydrogens (tertiary/aromatic N) is 3. The molecule has 0 N–H and O–H groups in total. The molecule has 1 aromatic carbocycles. The predicted molar refractivity (Wildman–Crippen MR) is 114 cm³/mol. The number of hydrogen-bond acceptors (Lipinski definition) is 4. The molecule has 0 atom stereocenters. The van der Waals surface area contributed by atoms with E-state index in [2.05, 4.69) is 43.6 Å². The molecule has 134 valence electrons. The van der Waals surface area contributed by atoms with Crippen LogP contribution in [0, 0.1) is 3.77 Å². The molecule has 0 bridgehead atoms. The van der Waals surface area contributed by atoms with Gasteiger partial charge in [-0.15, -0.1) is 0 Å². The first-order valence-electron chi connectivity index (χ1n) is 8.64. The van der Waals surface area contributed by atoms with Gasteiger partial charge in [0.1, 0.15) is 11.6 Å². The molecule has 0 saturated heterocycles. The third-order valence-corrected chi connectivity index (χ3v) is 6.85. The highest BCUT2D eigenvalue weighted by Crippen LogP contribution is 2.31. The van der Waals surface area contributed by atoms with E-state index in [9.17, 15) is 4.79 Å². The first kappa shape index (κ1) is 17.9. The van der Waals surface area contributed by atoms with Gasteiger partial charge in [-0.2, -0.15) is 9.78 Å². The highest BCUT2D eigenvalue weighted by Gasteiger charge is 2.22. The Morgan fingerprint density at radius 2 is 2.04 bits per heavy atom. The minimum absolute atomic E-state index is 0.132. The zero-order valence-corrected chi connectivity index (χ0v) is 17.7. The van der Waals surface area contributed by atoms with E-state index in [-0.39, 0.29) is 11.5 Å². The number of para-hydroxylation sites is 1. The number of hydrogen-bond donors (Lipinski definition) is 0. The molecule has 0 aliphatic heterocycles. The van der Waals surface area contributed by atoms with Gasteiger partial charge in [-0.05, 0) is 40.9 Å². The summed E-state index contributed by atoms with van der Waals surface area (Å²) in [6.45, 7) is 0. The summed E-state index contributed by atoms with van der Waals surface area (Å²) in [5, 5.41) is 5.04. The molecule has 4 rings (SSSR count). The number of halogens is 2. The maximum Gasteiger partial charge on any atom is 0.282 e. The Morgan fingerprint density at radius 3 is 2.77 bits per heavy atom. The molecule has 1 fully saturated rings. The third kappa shape index (κ3) is 3.51. The first-order chi connectivity index (χ1) is 12.6. The van der Waals surface area contributed by atoms with Crippen molar-refractivity contribution in [2.24, 2.45) is 5.10 Å². The van der Waals surface area contributed by atoms with E-state index in [0.717, 1.165) is 32.4 Å². The number of furan rings is 1. The Labute approximate surface area is 172 Å². The molecule has 1 aliphatic carbocycles. The van der Waals surface area contributed by atoms with Gasteiger partial charge in [0.15, 0.2) is 3.77 Å². The predicted octanol–water partition coefficient (Wildman–Crippen LogP) is 5.29. The summed E-state index contributed by atoms with van der Waals surface area (Å²) in [6.07, 6.45) is 7.25. The van der Waals surface area contributed by atoms with Crippen molar-refractivity contribution in [2.45, 2.75) is 38.0 Å². The maximum absolute atomic E-state index is 13.1. The van der Waals surface area contributed by atoms with Gasteiger partial charge in [-0.3, -0.25) is 4.79 Å². The number of aromatic nitrogens is 2. The van der Waals surface area contributed by atoms with E-state index >= 15 is 0 Å². The van der Waals surface area contributed by atoms with Crippen LogP contribution < -0.4 is 5.56 Å². The Balaban J connectivity index is 1.84. The number of rotatable bonds is 3. The zero-order valence-electron chi connectivity index (χ0n) is 14.0. The van der Waals surface area contributed by atoms with Crippen LogP contribution in [0.1, 0.15) is 49.6 Å². The van der Waals surface area contributed by atoms with Crippen molar-refractivity contribution >= 4 is 55.6 Å². The van der Waals surface area contributed by atoms with Crippen LogP contribution in [0.25, 0.3) is 10.9 Å². The summed E-state index contributed by atoms with van der Waals surface area (Å²) >= 11 is 5.53. The molecule has 7 heteroatoms. The topological polar surface area (TPSA) is 60.4 Å². The second-order valence-electron chi connectivity index (χ2n) is 6.45. The van der Waals surface area contributed by atoms with Crippen LogP contribution in [0.4, 0.5) is 0 Å². The van der Waals surface area contributed by atoms with Crippen molar-refractivity contribution < 1.29 is 4.42 Å². The molecule has 0 unspecified atom stereocenters. The zero-order chi connectivity index (χ0) is 18.1. The van der Waals surface area contributed by atoms with Crippen LogP contribution in [-0.4, -0.2) is 15.9 Å². The fourth-order valence-electron chi connectivity index (χ4n) is 3.42. The summed E-state index contributed by atoms with van der Waals surface area (Å²) in [7, 11) is 0. The molecule has 1 aliphatic rings. The van der Waals surface area contributed by atoms with Gasteiger partial charge >= 0.3 is 0 Å². The summed E-state index contributed by atoms with van der Waals surface area (Å²) < 4.78 is 8.69. The summed E-state index contributed by atoms with van der Waals surface area (Å²) in [6, 6.07) is 9.29. The van der Waals surface area contributed by atoms with Crippen molar-refractivity contribution in [1.82, 2.24) is 9.66 Å². The van der Waals surface area contributed by atoms with Gasteiger partial charge in [0, 0.05) is 34.6 Å². The molecular formula is C19H17BrIN3O2. The molecular weight excluding hydrogens is 509 g/mol. The average Bonchev–Trinajstić information content (AvgIpc) is 2.99. The van der Waals surface area contributed by atoms with E-state index in [1.54, 1.807) is 12.3 Å². The van der Waals surface area contributed by atoms with E-state index in [0.29, 0.717) is 11.1 Å². The van der Waals surface area contributed by atoms with Crippen molar-refractivity contribution in [2.75, 3.05) is 0 Å². The molecule has 2 heterocycles. The van der Waals surface area contributed by atoms with E-state index in [4.69, 9.17) is 9.40 Å². The Kier molecular flexibility index (Phi) is 5.26. The Hall–Kier alpha value is -1.48. The molecule has 0 radical (unpaired) electrons. The van der Waals surface area contributed by atoms with Crippen LogP contribution in [0.2, 0.25) is 0 Å². The number of fused-ring (bicyclic) bond motifs is 1. The van der Waals surface area contributed by atoms with Gasteiger partial charge in [0.25, 0.3) is 5.56 Å². The van der Waals surface area contributed by atoms with Crippen molar-refractivity contribution in [3.8, 4) is 0 Å². The van der Waals surface area contributed by atoms with Crippen molar-refractivity contribution in [3.63, 3.8) is 0 Å². The van der Waals surface area contributed by atoms with Crippen LogP contribution in [0.15, 0.2) is 49.1 Å².